The molecule has 0 fully saturated rings. The summed E-state index contributed by atoms with van der Waals surface area (Å²) in [5, 5.41) is 5.94. The van der Waals surface area contributed by atoms with E-state index in [0.29, 0.717) is 0 Å². The number of anilines is 1. The molecule has 0 aliphatic carbocycles. The van der Waals surface area contributed by atoms with Crippen LogP contribution >= 0.6 is 11.8 Å². The van der Waals surface area contributed by atoms with Crippen LogP contribution in [0.1, 0.15) is 29.2 Å². The zero-order valence-corrected chi connectivity index (χ0v) is 19.3. The quantitative estimate of drug-likeness (QED) is 0.540. The second-order valence-corrected chi connectivity index (χ2v) is 8.90. The third-order valence-electron chi connectivity index (χ3n) is 5.26. The minimum absolute atomic E-state index is 0.0804. The first kappa shape index (κ1) is 22.6. The van der Waals surface area contributed by atoms with Gasteiger partial charge in [0.25, 0.3) is 0 Å². The Labute approximate surface area is 187 Å². The van der Waals surface area contributed by atoms with E-state index in [9.17, 15) is 9.59 Å². The van der Waals surface area contributed by atoms with E-state index in [1.54, 1.807) is 6.20 Å². The van der Waals surface area contributed by atoms with Crippen molar-refractivity contribution in [1.82, 2.24) is 14.9 Å². The number of hydrogen-bond acceptors (Lipinski definition) is 4. The molecule has 1 heterocycles. The Bertz CT molecular complexity index is 1090. The number of benzene rings is 2. The van der Waals surface area contributed by atoms with Crippen LogP contribution in [-0.2, 0) is 9.59 Å². The monoisotopic (exact) mass is 436 g/mol. The maximum Gasteiger partial charge on any atom is 0.243 e. The summed E-state index contributed by atoms with van der Waals surface area (Å²) in [6.07, 6.45) is 3.62. The molecule has 3 aromatic rings. The lowest BCUT2D eigenvalue weighted by Gasteiger charge is -2.15. The van der Waals surface area contributed by atoms with E-state index in [1.807, 2.05) is 61.9 Å². The molecule has 31 heavy (non-hydrogen) atoms. The van der Waals surface area contributed by atoms with Crippen LogP contribution in [0.5, 0.6) is 0 Å². The Hall–Kier alpha value is -3.06. The number of carbonyl (C=O) groups excluding carboxylic acids is 2. The summed E-state index contributed by atoms with van der Waals surface area (Å²) in [5.74, 6) is -0.461. The molecule has 2 N–H and O–H groups in total. The van der Waals surface area contributed by atoms with E-state index in [-0.39, 0.29) is 18.4 Å². The molecule has 1 aromatic heterocycles. The molecule has 0 spiro atoms. The van der Waals surface area contributed by atoms with Crippen molar-refractivity contribution in [1.29, 1.82) is 0 Å². The van der Waals surface area contributed by atoms with Gasteiger partial charge in [0, 0.05) is 18.1 Å². The molecule has 1 unspecified atom stereocenters. The molecule has 0 saturated heterocycles. The first-order chi connectivity index (χ1) is 14.8. The molecule has 2 aromatic carbocycles. The fourth-order valence-electron chi connectivity index (χ4n) is 3.27. The van der Waals surface area contributed by atoms with Gasteiger partial charge in [0.05, 0.1) is 17.5 Å². The third kappa shape index (κ3) is 5.35. The number of rotatable bonds is 7. The molecule has 7 heteroatoms. The van der Waals surface area contributed by atoms with Crippen LogP contribution < -0.4 is 10.6 Å². The Kier molecular flexibility index (Phi) is 7.17. The zero-order valence-electron chi connectivity index (χ0n) is 18.5. The first-order valence-electron chi connectivity index (χ1n) is 10.2. The molecule has 0 aliphatic heterocycles. The number of imidazole rings is 1. The number of para-hydroxylation sites is 1. The summed E-state index contributed by atoms with van der Waals surface area (Å²) >= 11 is 1.36. The number of aryl methyl sites for hydroxylation is 3. The Balaban J connectivity index is 1.60. The molecular formula is C24H28N4O2S. The summed E-state index contributed by atoms with van der Waals surface area (Å²) in [5.41, 5.74) is 6.18. The molecule has 0 bridgehead atoms. The normalized spacial score (nSPS) is 11.8. The van der Waals surface area contributed by atoms with E-state index in [1.165, 1.54) is 22.9 Å². The first-order valence-corrected chi connectivity index (χ1v) is 11.1. The topological polar surface area (TPSA) is 76.0 Å². The van der Waals surface area contributed by atoms with Crippen molar-refractivity contribution in [2.75, 3.05) is 11.9 Å². The van der Waals surface area contributed by atoms with Crippen molar-refractivity contribution in [2.24, 2.45) is 0 Å². The van der Waals surface area contributed by atoms with Crippen LogP contribution in [-0.4, -0.2) is 33.2 Å². The lowest BCUT2D eigenvalue weighted by Crippen LogP contribution is -2.37. The van der Waals surface area contributed by atoms with E-state index < -0.39 is 5.25 Å². The Morgan fingerprint density at radius 1 is 1.03 bits per heavy atom. The standard InChI is InChI=1S/C24H28N4O2S/c1-15-8-7-11-20(18(15)4)28-13-12-25-24(28)31-19(5)23(30)26-14-21(29)27-22-16(2)9-6-10-17(22)3/h6-13,19H,14H2,1-5H3,(H,26,30)(H,27,29). The molecule has 0 saturated carbocycles. The fourth-order valence-corrected chi connectivity index (χ4v) is 4.18. The zero-order chi connectivity index (χ0) is 22.5. The van der Waals surface area contributed by atoms with Gasteiger partial charge in [0.15, 0.2) is 5.16 Å². The van der Waals surface area contributed by atoms with Crippen LogP contribution in [0, 0.1) is 27.7 Å². The Morgan fingerprint density at radius 3 is 2.39 bits per heavy atom. The highest BCUT2D eigenvalue weighted by Crippen LogP contribution is 2.27. The van der Waals surface area contributed by atoms with E-state index >= 15 is 0 Å². The summed E-state index contributed by atoms with van der Waals surface area (Å²) in [7, 11) is 0. The van der Waals surface area contributed by atoms with E-state index in [4.69, 9.17) is 0 Å². The summed E-state index contributed by atoms with van der Waals surface area (Å²) in [6.45, 7) is 9.76. The molecule has 6 nitrogen and oxygen atoms in total. The summed E-state index contributed by atoms with van der Waals surface area (Å²) in [6, 6.07) is 12.0. The predicted molar refractivity (Wildman–Crippen MR) is 126 cm³/mol. The smallest absolute Gasteiger partial charge is 0.243 e. The van der Waals surface area contributed by atoms with Crippen molar-refractivity contribution in [3.8, 4) is 5.69 Å². The van der Waals surface area contributed by atoms with Gasteiger partial charge in [-0.2, -0.15) is 0 Å². The number of carbonyl (C=O) groups is 2. The van der Waals surface area contributed by atoms with Gasteiger partial charge in [-0.3, -0.25) is 14.2 Å². The summed E-state index contributed by atoms with van der Waals surface area (Å²) in [4.78, 5) is 29.3. The second kappa shape index (κ2) is 9.83. The van der Waals surface area contributed by atoms with Crippen molar-refractivity contribution >= 4 is 29.3 Å². The minimum Gasteiger partial charge on any atom is -0.346 e. The van der Waals surface area contributed by atoms with Crippen molar-refractivity contribution in [3.05, 3.63) is 71.0 Å². The predicted octanol–water partition coefficient (Wildman–Crippen LogP) is 4.34. The molecule has 2 amide bonds. The van der Waals surface area contributed by atoms with E-state index in [2.05, 4.69) is 35.5 Å². The van der Waals surface area contributed by atoms with E-state index in [0.717, 1.165) is 27.7 Å². The van der Waals surface area contributed by atoms with Crippen molar-refractivity contribution < 1.29 is 9.59 Å². The lowest BCUT2D eigenvalue weighted by atomic mass is 10.1. The lowest BCUT2D eigenvalue weighted by molar-refractivity contribution is -0.123. The minimum atomic E-state index is -0.403. The van der Waals surface area contributed by atoms with Gasteiger partial charge in [-0.15, -0.1) is 0 Å². The average molecular weight is 437 g/mol. The van der Waals surface area contributed by atoms with Crippen LogP contribution in [0.4, 0.5) is 5.69 Å². The SMILES string of the molecule is Cc1cccc(-n2ccnc2SC(C)C(=O)NCC(=O)Nc2c(C)cccc2C)c1C. The van der Waals surface area contributed by atoms with Crippen molar-refractivity contribution in [2.45, 2.75) is 45.0 Å². The van der Waals surface area contributed by atoms with Gasteiger partial charge in [0.2, 0.25) is 11.8 Å². The van der Waals surface area contributed by atoms with Gasteiger partial charge in [-0.05, 0) is 62.9 Å². The second-order valence-electron chi connectivity index (χ2n) is 7.59. The highest BCUT2D eigenvalue weighted by molar-refractivity contribution is 8.00. The van der Waals surface area contributed by atoms with Crippen LogP contribution in [0.15, 0.2) is 53.9 Å². The number of hydrogen-bond donors (Lipinski definition) is 2. The largest absolute Gasteiger partial charge is 0.346 e. The highest BCUT2D eigenvalue weighted by Gasteiger charge is 2.19. The number of amides is 2. The molecule has 0 aliphatic rings. The van der Waals surface area contributed by atoms with Crippen molar-refractivity contribution in [3.63, 3.8) is 0 Å². The van der Waals surface area contributed by atoms with Gasteiger partial charge in [-0.25, -0.2) is 4.98 Å². The number of nitrogens with zero attached hydrogens (tertiary/aromatic N) is 2. The molecule has 1 atom stereocenters. The number of aromatic nitrogens is 2. The van der Waals surface area contributed by atoms with Gasteiger partial charge in [-0.1, -0.05) is 42.1 Å². The average Bonchev–Trinajstić information content (AvgIpc) is 3.18. The molecular weight excluding hydrogens is 408 g/mol. The van der Waals surface area contributed by atoms with Gasteiger partial charge >= 0.3 is 0 Å². The van der Waals surface area contributed by atoms with Crippen LogP contribution in [0.2, 0.25) is 0 Å². The Morgan fingerprint density at radius 2 is 1.68 bits per heavy atom. The maximum absolute atomic E-state index is 12.6. The highest BCUT2D eigenvalue weighted by atomic mass is 32.2. The fraction of sp³-hybridized carbons (Fsp3) is 0.292. The maximum atomic E-state index is 12.6. The van der Waals surface area contributed by atoms with Gasteiger partial charge in [0.1, 0.15) is 0 Å². The summed E-state index contributed by atoms with van der Waals surface area (Å²) < 4.78 is 1.99. The van der Waals surface area contributed by atoms with Crippen LogP contribution in [0.25, 0.3) is 5.69 Å². The van der Waals surface area contributed by atoms with Gasteiger partial charge < -0.3 is 10.6 Å². The molecule has 3 rings (SSSR count). The van der Waals surface area contributed by atoms with Crippen LogP contribution in [0.3, 0.4) is 0 Å². The third-order valence-corrected chi connectivity index (χ3v) is 6.34. The molecule has 0 radical (unpaired) electrons. The number of thioether (sulfide) groups is 1. The number of nitrogens with one attached hydrogen (secondary N) is 2. The molecule has 162 valence electrons.